The van der Waals surface area contributed by atoms with Crippen LogP contribution in [0.15, 0.2) is 52.9 Å². The standard InChI is InChI=1S/C23H18ClFN2O4S/c1-2-3-10-30-22(29)14-5-7-17-20(12-14)32-23(26-17)27-21(28)19-9-8-18(31-19)13-4-6-16(25)15(24)11-13/h4-9,11-12H,2-3,10H2,1H3,(H,26,27,28). The highest BCUT2D eigenvalue weighted by Gasteiger charge is 2.16. The molecule has 0 aliphatic carbocycles. The zero-order valence-corrected chi connectivity index (χ0v) is 18.6. The molecule has 0 fully saturated rings. The molecule has 0 spiro atoms. The van der Waals surface area contributed by atoms with Gasteiger partial charge in [0, 0.05) is 5.56 Å². The maximum atomic E-state index is 13.4. The van der Waals surface area contributed by atoms with Crippen molar-refractivity contribution in [1.29, 1.82) is 0 Å². The number of rotatable bonds is 7. The van der Waals surface area contributed by atoms with E-state index in [1.165, 1.54) is 35.6 Å². The summed E-state index contributed by atoms with van der Waals surface area (Å²) < 4.78 is 24.9. The molecule has 2 aromatic carbocycles. The molecular weight excluding hydrogens is 455 g/mol. The monoisotopic (exact) mass is 472 g/mol. The number of amides is 1. The van der Waals surface area contributed by atoms with Crippen molar-refractivity contribution in [3.63, 3.8) is 0 Å². The summed E-state index contributed by atoms with van der Waals surface area (Å²) in [4.78, 5) is 29.1. The van der Waals surface area contributed by atoms with Crippen LogP contribution >= 0.6 is 22.9 Å². The average Bonchev–Trinajstić information content (AvgIpc) is 3.42. The van der Waals surface area contributed by atoms with Gasteiger partial charge in [0.25, 0.3) is 5.91 Å². The van der Waals surface area contributed by atoms with E-state index in [0.29, 0.717) is 34.1 Å². The largest absolute Gasteiger partial charge is 0.462 e. The molecule has 164 valence electrons. The fourth-order valence-electron chi connectivity index (χ4n) is 2.92. The van der Waals surface area contributed by atoms with Gasteiger partial charge in [-0.25, -0.2) is 14.2 Å². The average molecular weight is 473 g/mol. The van der Waals surface area contributed by atoms with E-state index in [1.54, 1.807) is 24.3 Å². The van der Waals surface area contributed by atoms with E-state index in [1.807, 2.05) is 6.92 Å². The van der Waals surface area contributed by atoms with E-state index in [0.717, 1.165) is 17.5 Å². The third kappa shape index (κ3) is 4.81. The van der Waals surface area contributed by atoms with Crippen LogP contribution in [0.4, 0.5) is 9.52 Å². The zero-order chi connectivity index (χ0) is 22.7. The minimum Gasteiger partial charge on any atom is -0.462 e. The zero-order valence-electron chi connectivity index (χ0n) is 17.0. The van der Waals surface area contributed by atoms with Crippen LogP contribution in [0.2, 0.25) is 5.02 Å². The fourth-order valence-corrected chi connectivity index (χ4v) is 4.00. The molecule has 0 atom stereocenters. The minimum absolute atomic E-state index is 0.0343. The molecule has 6 nitrogen and oxygen atoms in total. The quantitative estimate of drug-likeness (QED) is 0.243. The van der Waals surface area contributed by atoms with Crippen molar-refractivity contribution in [2.24, 2.45) is 0 Å². The Balaban J connectivity index is 1.47. The molecule has 2 aromatic heterocycles. The number of esters is 1. The van der Waals surface area contributed by atoms with Crippen LogP contribution in [-0.4, -0.2) is 23.5 Å². The summed E-state index contributed by atoms with van der Waals surface area (Å²) in [5.74, 6) is -0.952. The molecule has 4 rings (SSSR count). The smallest absolute Gasteiger partial charge is 0.338 e. The minimum atomic E-state index is -0.534. The number of ether oxygens (including phenoxy) is 1. The molecule has 0 saturated heterocycles. The molecule has 1 amide bonds. The summed E-state index contributed by atoms with van der Waals surface area (Å²) >= 11 is 7.04. The first-order chi connectivity index (χ1) is 15.4. The van der Waals surface area contributed by atoms with Crippen LogP contribution in [0.25, 0.3) is 21.5 Å². The van der Waals surface area contributed by atoms with Gasteiger partial charge in [0.05, 0.1) is 27.4 Å². The van der Waals surface area contributed by atoms with Crippen molar-refractivity contribution < 1.29 is 23.1 Å². The molecule has 0 aliphatic heterocycles. The summed E-state index contributed by atoms with van der Waals surface area (Å²) in [7, 11) is 0. The van der Waals surface area contributed by atoms with E-state index in [-0.39, 0.29) is 16.8 Å². The van der Waals surface area contributed by atoms with Crippen LogP contribution in [0.1, 0.15) is 40.7 Å². The highest BCUT2D eigenvalue weighted by atomic mass is 35.5. The van der Waals surface area contributed by atoms with Crippen LogP contribution in [0.5, 0.6) is 0 Å². The van der Waals surface area contributed by atoms with Gasteiger partial charge in [-0.05, 0) is 55.0 Å². The molecule has 0 unspecified atom stereocenters. The maximum Gasteiger partial charge on any atom is 0.338 e. The summed E-state index contributed by atoms with van der Waals surface area (Å²) in [6.45, 7) is 2.40. The molecule has 0 bridgehead atoms. The van der Waals surface area contributed by atoms with E-state index < -0.39 is 11.7 Å². The van der Waals surface area contributed by atoms with Gasteiger partial charge in [-0.15, -0.1) is 0 Å². The van der Waals surface area contributed by atoms with Gasteiger partial charge < -0.3 is 9.15 Å². The number of hydrogen-bond acceptors (Lipinski definition) is 6. The van der Waals surface area contributed by atoms with Crippen LogP contribution < -0.4 is 5.32 Å². The molecule has 1 N–H and O–H groups in total. The van der Waals surface area contributed by atoms with Gasteiger partial charge in [-0.3, -0.25) is 10.1 Å². The van der Waals surface area contributed by atoms with E-state index in [9.17, 15) is 14.0 Å². The Morgan fingerprint density at radius 1 is 1.19 bits per heavy atom. The number of aromatic nitrogens is 1. The third-order valence-electron chi connectivity index (χ3n) is 4.61. The molecule has 32 heavy (non-hydrogen) atoms. The molecule has 4 aromatic rings. The lowest BCUT2D eigenvalue weighted by atomic mass is 10.2. The lowest BCUT2D eigenvalue weighted by Gasteiger charge is -2.03. The number of carbonyl (C=O) groups excluding carboxylic acids is 2. The second kappa shape index (κ2) is 9.50. The lowest BCUT2D eigenvalue weighted by Crippen LogP contribution is -2.10. The van der Waals surface area contributed by atoms with Gasteiger partial charge in [0.15, 0.2) is 10.9 Å². The maximum absolute atomic E-state index is 13.4. The normalized spacial score (nSPS) is 11.0. The number of benzene rings is 2. The number of anilines is 1. The van der Waals surface area contributed by atoms with Crippen molar-refractivity contribution in [1.82, 2.24) is 4.98 Å². The summed E-state index contributed by atoms with van der Waals surface area (Å²) in [6, 6.07) is 12.3. The predicted molar refractivity (Wildman–Crippen MR) is 122 cm³/mol. The molecule has 0 aliphatic rings. The van der Waals surface area contributed by atoms with E-state index in [2.05, 4.69) is 10.3 Å². The topological polar surface area (TPSA) is 81.4 Å². The molecule has 0 saturated carbocycles. The number of carbonyl (C=O) groups is 2. The molecule has 9 heteroatoms. The first-order valence-corrected chi connectivity index (χ1v) is 11.1. The Hall–Kier alpha value is -3.23. The van der Waals surface area contributed by atoms with Crippen molar-refractivity contribution >= 4 is 50.2 Å². The summed E-state index contributed by atoms with van der Waals surface area (Å²) in [6.07, 6.45) is 1.76. The number of halogens is 2. The van der Waals surface area contributed by atoms with Gasteiger partial charge in [-0.2, -0.15) is 0 Å². The Labute approximate surface area is 192 Å². The Morgan fingerprint density at radius 3 is 2.81 bits per heavy atom. The fraction of sp³-hybridized carbons (Fsp3) is 0.174. The summed E-state index contributed by atoms with van der Waals surface area (Å²) in [5.41, 5.74) is 1.63. The second-order valence-corrected chi connectivity index (χ2v) is 8.38. The van der Waals surface area contributed by atoms with Crippen LogP contribution in [0, 0.1) is 5.82 Å². The number of nitrogens with one attached hydrogen (secondary N) is 1. The predicted octanol–water partition coefficient (Wildman–Crippen LogP) is 6.56. The van der Waals surface area contributed by atoms with Crippen molar-refractivity contribution in [2.45, 2.75) is 19.8 Å². The number of nitrogens with zero attached hydrogens (tertiary/aromatic N) is 1. The first kappa shape index (κ1) is 22.0. The first-order valence-electron chi connectivity index (χ1n) is 9.89. The molecule has 0 radical (unpaired) electrons. The number of thiazole rings is 1. The van der Waals surface area contributed by atoms with Gasteiger partial charge >= 0.3 is 5.97 Å². The van der Waals surface area contributed by atoms with Gasteiger partial charge in [-0.1, -0.05) is 36.3 Å². The molecular formula is C23H18ClFN2O4S. The lowest BCUT2D eigenvalue weighted by molar-refractivity contribution is 0.0500. The number of hydrogen-bond donors (Lipinski definition) is 1. The van der Waals surface area contributed by atoms with E-state index >= 15 is 0 Å². The highest BCUT2D eigenvalue weighted by Crippen LogP contribution is 2.29. The van der Waals surface area contributed by atoms with Crippen molar-refractivity contribution in [2.75, 3.05) is 11.9 Å². The number of unbranched alkanes of at least 4 members (excludes halogenated alkanes) is 1. The SMILES string of the molecule is CCCCOC(=O)c1ccc2nc(NC(=O)c3ccc(-c4ccc(F)c(Cl)c4)o3)sc2c1. The number of fused-ring (bicyclic) bond motifs is 1. The molecule has 2 heterocycles. The second-order valence-electron chi connectivity index (χ2n) is 6.94. The van der Waals surface area contributed by atoms with Crippen LogP contribution in [-0.2, 0) is 4.74 Å². The Bertz CT molecular complexity index is 1300. The Kier molecular flexibility index (Phi) is 6.53. The third-order valence-corrected chi connectivity index (χ3v) is 5.83. The van der Waals surface area contributed by atoms with Crippen molar-refractivity contribution in [3.05, 3.63) is 70.7 Å². The number of furan rings is 1. The van der Waals surface area contributed by atoms with Gasteiger partial charge in [0.2, 0.25) is 0 Å². The van der Waals surface area contributed by atoms with Crippen molar-refractivity contribution in [3.8, 4) is 11.3 Å². The summed E-state index contributed by atoms with van der Waals surface area (Å²) in [5, 5.41) is 3.03. The van der Waals surface area contributed by atoms with Gasteiger partial charge in [0.1, 0.15) is 11.6 Å². The Morgan fingerprint density at radius 2 is 2.03 bits per heavy atom. The van der Waals surface area contributed by atoms with E-state index in [4.69, 9.17) is 20.8 Å². The van der Waals surface area contributed by atoms with Crippen LogP contribution in [0.3, 0.4) is 0 Å². The highest BCUT2D eigenvalue weighted by molar-refractivity contribution is 7.22.